The zero-order valence-corrected chi connectivity index (χ0v) is 64.1. The van der Waals surface area contributed by atoms with Crippen molar-refractivity contribution < 1.29 is 13.7 Å². The van der Waals surface area contributed by atoms with Crippen LogP contribution in [0.4, 0.5) is 0 Å². The van der Waals surface area contributed by atoms with Crippen LogP contribution in [0.1, 0.15) is 123 Å². The zero-order chi connectivity index (χ0) is 73.4. The second-order valence-electron chi connectivity index (χ2n) is 32.2. The molecular formula is C94H89N12+3. The van der Waals surface area contributed by atoms with Gasteiger partial charge in [0.2, 0.25) is 34.4 Å². The first-order valence-corrected chi connectivity index (χ1v) is 37.5. The normalized spacial score (nSPS) is 14.3. The van der Waals surface area contributed by atoms with E-state index in [1.165, 1.54) is 161 Å². The lowest BCUT2D eigenvalue weighted by Crippen LogP contribution is -2.42. The average Bonchev–Trinajstić information content (AvgIpc) is 1.48. The van der Waals surface area contributed by atoms with Crippen molar-refractivity contribution in [2.45, 2.75) is 126 Å². The van der Waals surface area contributed by atoms with Crippen molar-refractivity contribution >= 4 is 83.5 Å². The van der Waals surface area contributed by atoms with Gasteiger partial charge in [0, 0.05) is 27.8 Å². The number of hydrogen-bond donors (Lipinski definition) is 0. The Hall–Kier alpha value is -11.8. The number of rotatable bonds is 4. The molecule has 12 heteroatoms. The van der Waals surface area contributed by atoms with E-state index in [9.17, 15) is 0 Å². The quantitative estimate of drug-likeness (QED) is 0.165. The van der Waals surface area contributed by atoms with E-state index in [1.807, 2.05) is 0 Å². The molecule has 9 aromatic carbocycles. The molecule has 106 heavy (non-hydrogen) atoms. The number of aromatic nitrogens is 12. The van der Waals surface area contributed by atoms with Gasteiger partial charge in [-0.2, -0.15) is 0 Å². The van der Waals surface area contributed by atoms with Crippen LogP contribution in [0.25, 0.3) is 151 Å². The number of fused-ring (bicyclic) bond motifs is 21. The highest BCUT2D eigenvalue weighted by atomic mass is 15.3. The maximum atomic E-state index is 5.20. The summed E-state index contributed by atoms with van der Waals surface area (Å²) in [6.07, 6.45) is 6.98. The van der Waals surface area contributed by atoms with Crippen molar-refractivity contribution in [2.24, 2.45) is 21.1 Å². The smallest absolute Gasteiger partial charge is 0.220 e. The molecule has 0 amide bonds. The first-order valence-electron chi connectivity index (χ1n) is 37.5. The maximum Gasteiger partial charge on any atom is 0.220 e. The van der Waals surface area contributed by atoms with Crippen LogP contribution in [-0.2, 0) is 37.8 Å². The Labute approximate surface area is 618 Å². The van der Waals surface area contributed by atoms with Gasteiger partial charge in [0.1, 0.15) is 21.1 Å². The van der Waals surface area contributed by atoms with Crippen LogP contribution in [0.2, 0.25) is 0 Å². The lowest BCUT2D eigenvalue weighted by atomic mass is 9.77. The Bertz CT molecular complexity index is 6880. The molecule has 0 saturated heterocycles. The third-order valence-electron chi connectivity index (χ3n) is 24.2. The number of aryl methyl sites for hydroxylation is 9. The minimum atomic E-state index is -0.325. The number of benzene rings is 9. The first kappa shape index (κ1) is 65.0. The minimum absolute atomic E-state index is 0.291. The van der Waals surface area contributed by atoms with Crippen LogP contribution < -0.4 is 13.7 Å². The van der Waals surface area contributed by atoms with Crippen LogP contribution in [0.5, 0.6) is 0 Å². The first-order chi connectivity index (χ1) is 50.9. The standard InChI is InChI=1S/C32H31N4.2C31H29N4/c1-19(2)22-18-34(6)30-26-20(3)16-17-25-29(26)36(31-33-23-14-10-11-15-24(23)35(25)31)32(4,5)28(30)27(22)21-12-8-7-9-13-21;1-18-11-7-8-12-21(18)22-17-33(6)29-26-19(2)15-16-25-28(26)35(31(4,5)27(29)20(22)3)30-32-23-13-9-10-14-24(23)34(25)30;1-18-11-7-8-12-21(18)25-20(3)17-33(6)29-26-19(2)15-16-24-28(26)35(31(4,5)27(25)29)30-32-22-13-9-10-14-23(22)34(24)30/h7-19H,1-6H3;2*7-17H,1-6H3/q3*+1. The molecule has 0 fully saturated rings. The van der Waals surface area contributed by atoms with Crippen LogP contribution in [-0.4, -0.2) is 41.9 Å². The van der Waals surface area contributed by atoms with Crippen molar-refractivity contribution in [3.63, 3.8) is 0 Å². The molecule has 0 radical (unpaired) electrons. The summed E-state index contributed by atoms with van der Waals surface area (Å²) in [5, 5.41) is 0. The summed E-state index contributed by atoms with van der Waals surface area (Å²) in [5.74, 6) is 3.41. The predicted molar refractivity (Wildman–Crippen MR) is 433 cm³/mol. The molecule has 0 N–H and O–H groups in total. The highest BCUT2D eigenvalue weighted by Crippen LogP contribution is 2.55. The van der Waals surface area contributed by atoms with Crippen LogP contribution in [0.3, 0.4) is 0 Å². The fraction of sp³-hybridized carbons (Fsp3) is 0.234. The van der Waals surface area contributed by atoms with Gasteiger partial charge >= 0.3 is 0 Å². The summed E-state index contributed by atoms with van der Waals surface area (Å²) >= 11 is 0. The Morgan fingerprint density at radius 1 is 0.311 bits per heavy atom. The molecule has 0 atom stereocenters. The van der Waals surface area contributed by atoms with Gasteiger partial charge in [-0.15, -0.1) is 0 Å². The van der Waals surface area contributed by atoms with E-state index >= 15 is 0 Å². The van der Waals surface area contributed by atoms with E-state index in [4.69, 9.17) is 15.0 Å². The Morgan fingerprint density at radius 2 is 0.670 bits per heavy atom. The van der Waals surface area contributed by atoms with E-state index in [0.29, 0.717) is 5.92 Å². The van der Waals surface area contributed by atoms with E-state index in [2.05, 4.69) is 372 Å². The molecule has 12 nitrogen and oxygen atoms in total. The number of pyridine rings is 3. The van der Waals surface area contributed by atoms with Gasteiger partial charge in [-0.25, -0.2) is 28.7 Å². The van der Waals surface area contributed by atoms with Gasteiger partial charge in [-0.3, -0.25) is 26.9 Å². The van der Waals surface area contributed by atoms with E-state index in [0.717, 1.165) is 50.4 Å². The monoisotopic (exact) mass is 1390 g/mol. The molecule has 0 bridgehead atoms. The third kappa shape index (κ3) is 8.63. The highest BCUT2D eigenvalue weighted by Gasteiger charge is 2.48. The summed E-state index contributed by atoms with van der Waals surface area (Å²) in [7, 11) is 6.61. The molecule has 3 aliphatic rings. The van der Waals surface area contributed by atoms with Gasteiger partial charge in [0.05, 0.1) is 116 Å². The van der Waals surface area contributed by atoms with E-state index < -0.39 is 0 Å². The third-order valence-corrected chi connectivity index (χ3v) is 24.2. The predicted octanol–water partition coefficient (Wildman–Crippen LogP) is 20.4. The summed E-state index contributed by atoms with van der Waals surface area (Å²) in [4.78, 5) is 15.5. The Balaban J connectivity index is 0.000000109. The molecular weight excluding hydrogens is 1300 g/mol. The van der Waals surface area contributed by atoms with Crippen molar-refractivity contribution in [1.29, 1.82) is 0 Å². The molecule has 3 aliphatic heterocycles. The molecule has 0 spiro atoms. The molecule has 9 aromatic heterocycles. The maximum absolute atomic E-state index is 5.20. The lowest BCUT2D eigenvalue weighted by Gasteiger charge is -2.36. The largest absolute Gasteiger partial charge is 0.299 e. The zero-order valence-electron chi connectivity index (χ0n) is 64.1. The van der Waals surface area contributed by atoms with Gasteiger partial charge in [-0.1, -0.05) is 147 Å². The van der Waals surface area contributed by atoms with Gasteiger partial charge in [0.15, 0.2) is 18.6 Å². The van der Waals surface area contributed by atoms with Crippen LogP contribution in [0, 0.1) is 48.5 Å². The van der Waals surface area contributed by atoms with Crippen LogP contribution in [0.15, 0.2) is 207 Å². The van der Waals surface area contributed by atoms with E-state index in [-0.39, 0.29) is 16.6 Å². The van der Waals surface area contributed by atoms with Gasteiger partial charge < -0.3 is 0 Å². The topological polar surface area (TPSA) is 78.3 Å². The van der Waals surface area contributed by atoms with Gasteiger partial charge in [-0.05, 0) is 201 Å². The molecule has 21 rings (SSSR count). The Kier molecular flexibility index (Phi) is 13.9. The molecule has 12 heterocycles. The molecule has 0 aliphatic carbocycles. The summed E-state index contributed by atoms with van der Waals surface area (Å²) in [6, 6.07) is 67.4. The van der Waals surface area contributed by atoms with Crippen molar-refractivity contribution in [2.75, 3.05) is 0 Å². The van der Waals surface area contributed by atoms with Crippen LogP contribution >= 0.6 is 0 Å². The molecule has 0 saturated carbocycles. The Morgan fingerprint density at radius 3 is 1.10 bits per heavy atom. The summed E-state index contributed by atoms with van der Waals surface area (Å²) in [6.45, 7) is 34.4. The van der Waals surface area contributed by atoms with Crippen molar-refractivity contribution in [3.05, 3.63) is 268 Å². The number of para-hydroxylation sites is 6. The summed E-state index contributed by atoms with van der Waals surface area (Å²) < 4.78 is 21.6. The molecule has 18 aromatic rings. The second kappa shape index (κ2) is 22.6. The number of hydrogen-bond acceptors (Lipinski definition) is 3. The van der Waals surface area contributed by atoms with Crippen molar-refractivity contribution in [1.82, 2.24) is 41.9 Å². The SMILES string of the molecule is Cc1ccc2c3c1-c1c(c(-c4ccccc4)c(C(C)C)c[n+]1C)C(C)(C)n3c1nc3ccccc3n21.Cc1ccccc1-c1c(C)c[n+](C)c2c1C(C)(C)n1c3c-2c(C)ccc3n2c3ccccc3nc12.Cc1ccccc1-c1c[n+](C)c2c(c1C)C(C)(C)n1c3c-2c(C)ccc3n2c3ccccc3nc12. The fourth-order valence-corrected chi connectivity index (χ4v) is 19.7. The van der Waals surface area contributed by atoms with Gasteiger partial charge in [0.25, 0.3) is 0 Å². The number of imidazole rings is 6. The summed E-state index contributed by atoms with van der Waals surface area (Å²) in [5.41, 5.74) is 43.4. The molecule has 0 unspecified atom stereocenters. The molecule has 522 valence electrons. The fourth-order valence-electron chi connectivity index (χ4n) is 19.7. The highest BCUT2D eigenvalue weighted by molar-refractivity contribution is 6.06. The lowest BCUT2D eigenvalue weighted by molar-refractivity contribution is -0.661. The average molecular weight is 1390 g/mol. The number of nitrogens with zero attached hydrogens (tertiary/aromatic N) is 12. The minimum Gasteiger partial charge on any atom is -0.299 e. The van der Waals surface area contributed by atoms with E-state index in [1.54, 1.807) is 0 Å². The second-order valence-corrected chi connectivity index (χ2v) is 32.2. The van der Waals surface area contributed by atoms with Crippen molar-refractivity contribution in [3.8, 4) is 67.2 Å².